The Morgan fingerprint density at radius 2 is 1.80 bits per heavy atom. The third-order valence-electron chi connectivity index (χ3n) is 3.67. The largest absolute Gasteiger partial charge is 0.330 e. The molecule has 2 rings (SSSR count). The zero-order chi connectivity index (χ0) is 19.6. The summed E-state index contributed by atoms with van der Waals surface area (Å²) in [7, 11) is 1.50. The Bertz CT molecular complexity index is 626. The van der Waals surface area contributed by atoms with Crippen LogP contribution < -0.4 is 5.32 Å². The number of benzene rings is 1. The van der Waals surface area contributed by atoms with Crippen molar-refractivity contribution in [3.63, 3.8) is 0 Å². The lowest BCUT2D eigenvalue weighted by molar-refractivity contribution is -0.136. The van der Waals surface area contributed by atoms with E-state index in [0.29, 0.717) is 17.4 Å². The fourth-order valence-electron chi connectivity index (χ4n) is 2.41. The van der Waals surface area contributed by atoms with Gasteiger partial charge < -0.3 is 4.90 Å². The maximum atomic E-state index is 12.5. The molecule has 1 aromatic carbocycles. The van der Waals surface area contributed by atoms with Crippen LogP contribution in [-0.2, 0) is 9.59 Å². The van der Waals surface area contributed by atoms with E-state index in [-0.39, 0.29) is 24.3 Å². The van der Waals surface area contributed by atoms with Gasteiger partial charge in [-0.3, -0.25) is 24.5 Å². The summed E-state index contributed by atoms with van der Waals surface area (Å²) in [6.07, 6.45) is 1.12. The van der Waals surface area contributed by atoms with Crippen LogP contribution in [0.15, 0.2) is 18.2 Å². The molecule has 0 aromatic heterocycles. The van der Waals surface area contributed by atoms with E-state index < -0.39 is 17.9 Å². The van der Waals surface area contributed by atoms with Gasteiger partial charge in [0.05, 0.1) is 5.56 Å². The highest BCUT2D eigenvalue weighted by Gasteiger charge is 2.33. The van der Waals surface area contributed by atoms with Gasteiger partial charge in [0.1, 0.15) is 6.04 Å². The zero-order valence-electron chi connectivity index (χ0n) is 15.9. The van der Waals surface area contributed by atoms with Gasteiger partial charge >= 0.3 is 0 Å². The third-order valence-corrected chi connectivity index (χ3v) is 3.67. The van der Waals surface area contributed by atoms with Crippen molar-refractivity contribution in [1.29, 1.82) is 0 Å². The minimum absolute atomic E-state index is 0.197. The van der Waals surface area contributed by atoms with Crippen LogP contribution in [0.25, 0.3) is 0 Å². The van der Waals surface area contributed by atoms with Gasteiger partial charge in [-0.15, -0.1) is 0 Å². The number of carbonyl (C=O) groups excluding carboxylic acids is 4. The maximum absolute atomic E-state index is 12.5. The van der Waals surface area contributed by atoms with Crippen molar-refractivity contribution in [2.75, 3.05) is 7.05 Å². The lowest BCUT2D eigenvalue weighted by Gasteiger charge is -2.30. The summed E-state index contributed by atoms with van der Waals surface area (Å²) < 4.78 is 0. The Morgan fingerprint density at radius 3 is 2.32 bits per heavy atom. The average Bonchev–Trinajstić information content (AvgIpc) is 2.63. The molecule has 0 aliphatic carbocycles. The SMILES string of the molecule is CC.CC.Cc1cccc(C(=O)N(C)C2CCC(=O)NC2=O)c1C=O. The number of hydrogen-bond donors (Lipinski definition) is 1. The lowest BCUT2D eigenvalue weighted by Crippen LogP contribution is -2.53. The van der Waals surface area contributed by atoms with Gasteiger partial charge in [-0.1, -0.05) is 39.8 Å². The van der Waals surface area contributed by atoms with Crippen molar-refractivity contribution >= 4 is 24.0 Å². The number of likely N-dealkylation sites (N-methyl/N-ethyl adjacent to an activating group) is 1. The van der Waals surface area contributed by atoms with Crippen molar-refractivity contribution in [3.8, 4) is 0 Å². The number of rotatable bonds is 3. The fraction of sp³-hybridized carbons (Fsp3) is 0.474. The molecular formula is C19H28N2O4. The van der Waals surface area contributed by atoms with Gasteiger partial charge in [0.2, 0.25) is 11.8 Å². The summed E-state index contributed by atoms with van der Waals surface area (Å²) in [5.41, 5.74) is 1.28. The Hall–Kier alpha value is -2.50. The number of nitrogens with one attached hydrogen (secondary N) is 1. The first-order valence-electron chi connectivity index (χ1n) is 8.61. The summed E-state index contributed by atoms with van der Waals surface area (Å²) in [4.78, 5) is 47.9. The van der Waals surface area contributed by atoms with E-state index in [2.05, 4.69) is 5.32 Å². The van der Waals surface area contributed by atoms with E-state index in [9.17, 15) is 19.2 Å². The van der Waals surface area contributed by atoms with Crippen LogP contribution in [0.1, 0.15) is 66.8 Å². The minimum atomic E-state index is -0.699. The van der Waals surface area contributed by atoms with Crippen LogP contribution >= 0.6 is 0 Å². The fourth-order valence-corrected chi connectivity index (χ4v) is 2.41. The second-order valence-corrected chi connectivity index (χ2v) is 5.04. The molecule has 0 radical (unpaired) electrons. The topological polar surface area (TPSA) is 83.6 Å². The molecule has 1 atom stereocenters. The molecule has 1 unspecified atom stereocenters. The second kappa shape index (κ2) is 11.1. The van der Waals surface area contributed by atoms with E-state index >= 15 is 0 Å². The highest BCUT2D eigenvalue weighted by molar-refractivity contribution is 6.06. The molecule has 1 heterocycles. The molecule has 138 valence electrons. The van der Waals surface area contributed by atoms with Crippen molar-refractivity contribution in [2.45, 2.75) is 53.5 Å². The van der Waals surface area contributed by atoms with E-state index in [1.165, 1.54) is 11.9 Å². The van der Waals surface area contributed by atoms with Crippen LogP contribution in [-0.4, -0.2) is 42.0 Å². The number of aryl methyl sites for hydroxylation is 1. The first kappa shape index (κ1) is 22.5. The molecule has 3 amide bonds. The molecule has 1 saturated heterocycles. The molecule has 0 bridgehead atoms. The van der Waals surface area contributed by atoms with Crippen molar-refractivity contribution in [3.05, 3.63) is 34.9 Å². The number of piperidine rings is 1. The summed E-state index contributed by atoms with van der Waals surface area (Å²) in [5.74, 6) is -1.22. The van der Waals surface area contributed by atoms with Gasteiger partial charge in [-0.2, -0.15) is 0 Å². The number of amides is 3. The summed E-state index contributed by atoms with van der Waals surface area (Å²) in [5, 5.41) is 2.22. The van der Waals surface area contributed by atoms with Crippen LogP contribution in [0.2, 0.25) is 0 Å². The third kappa shape index (κ3) is 5.52. The highest BCUT2D eigenvalue weighted by Crippen LogP contribution is 2.18. The molecule has 1 aliphatic heterocycles. The number of imide groups is 1. The Labute approximate surface area is 149 Å². The Balaban J connectivity index is 0.00000134. The summed E-state index contributed by atoms with van der Waals surface area (Å²) >= 11 is 0. The van der Waals surface area contributed by atoms with Crippen LogP contribution in [0.5, 0.6) is 0 Å². The Morgan fingerprint density at radius 1 is 1.20 bits per heavy atom. The molecule has 0 saturated carbocycles. The van der Waals surface area contributed by atoms with Gasteiger partial charge in [-0.25, -0.2) is 0 Å². The quantitative estimate of drug-likeness (QED) is 0.672. The maximum Gasteiger partial charge on any atom is 0.255 e. The van der Waals surface area contributed by atoms with Crippen LogP contribution in [0.3, 0.4) is 0 Å². The Kier molecular flexibility index (Phi) is 10.0. The standard InChI is InChI=1S/C15H16N2O4.2C2H6/c1-9-4-3-5-10(11(9)8-18)15(21)17(2)12-6-7-13(19)16-14(12)20;2*1-2/h3-5,8,12H,6-7H2,1-2H3,(H,16,19,20);2*1-2H3. The predicted octanol–water partition coefficient (Wildman–Crippen LogP) is 2.74. The second-order valence-electron chi connectivity index (χ2n) is 5.04. The first-order chi connectivity index (χ1) is 12.0. The van der Waals surface area contributed by atoms with E-state index in [4.69, 9.17) is 0 Å². The van der Waals surface area contributed by atoms with Crippen molar-refractivity contribution < 1.29 is 19.2 Å². The summed E-state index contributed by atoms with van der Waals surface area (Å²) in [6, 6.07) is 4.29. The van der Waals surface area contributed by atoms with Crippen molar-refractivity contribution in [1.82, 2.24) is 10.2 Å². The average molecular weight is 348 g/mol. The molecule has 0 spiro atoms. The lowest BCUT2D eigenvalue weighted by atomic mass is 9.99. The molecule has 25 heavy (non-hydrogen) atoms. The smallest absolute Gasteiger partial charge is 0.255 e. The molecule has 1 fully saturated rings. The number of carbonyl (C=O) groups is 4. The molecule has 1 N–H and O–H groups in total. The van der Waals surface area contributed by atoms with Gasteiger partial charge in [-0.05, 0) is 25.0 Å². The number of hydrogen-bond acceptors (Lipinski definition) is 4. The molecule has 6 nitrogen and oxygen atoms in total. The van der Waals surface area contributed by atoms with Gasteiger partial charge in [0.15, 0.2) is 6.29 Å². The monoisotopic (exact) mass is 348 g/mol. The molecule has 1 aromatic rings. The van der Waals surface area contributed by atoms with Gasteiger partial charge in [0, 0.05) is 19.0 Å². The van der Waals surface area contributed by atoms with Gasteiger partial charge in [0.25, 0.3) is 5.91 Å². The van der Waals surface area contributed by atoms with E-state index in [1.54, 1.807) is 25.1 Å². The number of aldehydes is 1. The molecule has 6 heteroatoms. The van der Waals surface area contributed by atoms with E-state index in [1.807, 2.05) is 27.7 Å². The first-order valence-corrected chi connectivity index (χ1v) is 8.61. The predicted molar refractivity (Wildman–Crippen MR) is 97.5 cm³/mol. The molecule has 1 aliphatic rings. The number of nitrogens with zero attached hydrogens (tertiary/aromatic N) is 1. The minimum Gasteiger partial charge on any atom is -0.330 e. The van der Waals surface area contributed by atoms with E-state index in [0.717, 1.165) is 0 Å². The highest BCUT2D eigenvalue weighted by atomic mass is 16.2. The van der Waals surface area contributed by atoms with Crippen LogP contribution in [0.4, 0.5) is 0 Å². The zero-order valence-corrected chi connectivity index (χ0v) is 15.9. The molecular weight excluding hydrogens is 320 g/mol. The summed E-state index contributed by atoms with van der Waals surface area (Å²) in [6.45, 7) is 9.74. The van der Waals surface area contributed by atoms with Crippen molar-refractivity contribution in [2.24, 2.45) is 0 Å². The normalized spacial score (nSPS) is 15.7. The van der Waals surface area contributed by atoms with Crippen LogP contribution in [0, 0.1) is 6.92 Å².